The van der Waals surface area contributed by atoms with Gasteiger partial charge in [0.05, 0.1) is 15.7 Å². The van der Waals surface area contributed by atoms with Crippen LogP contribution in [0, 0.1) is 6.92 Å². The first-order chi connectivity index (χ1) is 9.88. The molecule has 0 fully saturated rings. The topological polar surface area (TPSA) is 81.9 Å². The number of rotatable bonds is 2. The molecule has 0 saturated heterocycles. The summed E-state index contributed by atoms with van der Waals surface area (Å²) in [6, 6.07) is 5.47. The lowest BCUT2D eigenvalue weighted by atomic mass is 9.99. The van der Waals surface area contributed by atoms with E-state index in [1.54, 1.807) is 10.7 Å². The Morgan fingerprint density at radius 3 is 2.81 bits per heavy atom. The van der Waals surface area contributed by atoms with E-state index in [0.29, 0.717) is 22.3 Å². The predicted octanol–water partition coefficient (Wildman–Crippen LogP) is 2.55. The number of nitrogens with zero attached hydrogens (tertiary/aromatic N) is 2. The fraction of sp³-hybridized carbons (Fsp3) is 0.214. The molecule has 0 bridgehead atoms. The van der Waals surface area contributed by atoms with Crippen molar-refractivity contribution in [1.29, 1.82) is 0 Å². The molecule has 110 valence electrons. The van der Waals surface area contributed by atoms with Crippen molar-refractivity contribution in [1.82, 2.24) is 9.66 Å². The van der Waals surface area contributed by atoms with E-state index in [1.165, 1.54) is 0 Å². The van der Waals surface area contributed by atoms with Gasteiger partial charge in [0, 0.05) is 6.42 Å². The number of nitrogens with one attached hydrogen (secondary N) is 1. The molecule has 1 aliphatic rings. The molecule has 0 saturated carbocycles. The Labute approximate surface area is 132 Å². The Hall–Kier alpha value is -1.69. The number of fused-ring (bicyclic) bond motifs is 1. The molecule has 2 heterocycles. The first kappa shape index (κ1) is 14.3. The molecule has 0 amide bonds. The van der Waals surface area contributed by atoms with Crippen LogP contribution in [0.4, 0.5) is 5.82 Å². The van der Waals surface area contributed by atoms with Crippen LogP contribution in [0.25, 0.3) is 6.08 Å². The lowest BCUT2D eigenvalue weighted by Crippen LogP contribution is -2.53. The Morgan fingerprint density at radius 1 is 1.33 bits per heavy atom. The average molecular weight is 324 g/mol. The maximum atomic E-state index is 6.39. The van der Waals surface area contributed by atoms with Gasteiger partial charge in [-0.25, -0.2) is 9.66 Å². The summed E-state index contributed by atoms with van der Waals surface area (Å²) in [6.07, 6.45) is 4.27. The molecular weight excluding hydrogens is 309 g/mol. The summed E-state index contributed by atoms with van der Waals surface area (Å²) in [5, 5.41) is 1.03. The molecule has 5 nitrogen and oxygen atoms in total. The minimum Gasteiger partial charge on any atom is -0.382 e. The molecule has 1 aliphatic heterocycles. The number of imidazole rings is 1. The third-order valence-corrected chi connectivity index (χ3v) is 4.19. The van der Waals surface area contributed by atoms with Crippen LogP contribution in [0.1, 0.15) is 17.1 Å². The summed E-state index contributed by atoms with van der Waals surface area (Å²) in [5.74, 6) is 1.29. The highest BCUT2D eigenvalue weighted by Gasteiger charge is 2.28. The Morgan fingerprint density at radius 2 is 2.10 bits per heavy atom. The lowest BCUT2D eigenvalue weighted by molar-refractivity contribution is 0.524. The monoisotopic (exact) mass is 323 g/mol. The molecule has 3 rings (SSSR count). The smallest absolute Gasteiger partial charge is 0.153 e. The third-order valence-electron chi connectivity index (χ3n) is 3.45. The van der Waals surface area contributed by atoms with Crippen LogP contribution in [-0.4, -0.2) is 15.3 Å². The van der Waals surface area contributed by atoms with Gasteiger partial charge in [0.1, 0.15) is 11.5 Å². The van der Waals surface area contributed by atoms with E-state index >= 15 is 0 Å². The van der Waals surface area contributed by atoms with E-state index in [-0.39, 0.29) is 0 Å². The second-order valence-electron chi connectivity index (χ2n) is 5.19. The largest absolute Gasteiger partial charge is 0.382 e. The molecule has 21 heavy (non-hydrogen) atoms. The molecule has 2 aromatic rings. The molecule has 1 unspecified atom stereocenters. The lowest BCUT2D eigenvalue weighted by Gasteiger charge is -2.32. The highest BCUT2D eigenvalue weighted by molar-refractivity contribution is 6.42. The summed E-state index contributed by atoms with van der Waals surface area (Å²) < 4.78 is 1.70. The van der Waals surface area contributed by atoms with Crippen LogP contribution in [0.2, 0.25) is 10.0 Å². The van der Waals surface area contributed by atoms with Crippen molar-refractivity contribution in [2.24, 2.45) is 5.73 Å². The van der Waals surface area contributed by atoms with Gasteiger partial charge in [0.25, 0.3) is 0 Å². The number of hydrogen-bond acceptors (Lipinski definition) is 4. The molecular formula is C14H15Cl2N5. The molecule has 5 N–H and O–H groups in total. The van der Waals surface area contributed by atoms with Crippen molar-refractivity contribution in [3.05, 3.63) is 51.4 Å². The van der Waals surface area contributed by atoms with Crippen molar-refractivity contribution >= 4 is 35.1 Å². The Kier molecular flexibility index (Phi) is 3.36. The number of nitrogen functional groups attached to an aromatic ring is 1. The van der Waals surface area contributed by atoms with Crippen LogP contribution in [0.5, 0.6) is 0 Å². The number of anilines is 1. The van der Waals surface area contributed by atoms with Gasteiger partial charge in [-0.15, -0.1) is 0 Å². The zero-order valence-corrected chi connectivity index (χ0v) is 12.9. The number of nitrogens with two attached hydrogens (primary N) is 2. The fourth-order valence-electron chi connectivity index (χ4n) is 2.35. The van der Waals surface area contributed by atoms with Crippen molar-refractivity contribution in [3.63, 3.8) is 0 Å². The normalized spacial score (nSPS) is 20.2. The standard InChI is InChI=1S/C14H15Cl2N5/c1-8-13(17)21-12(19-8)4-5-14(18,20-21)7-9-2-3-10(15)11(16)6-9/h2-6,20H,7,17-18H2,1H3. The summed E-state index contributed by atoms with van der Waals surface area (Å²) in [6.45, 7) is 1.85. The van der Waals surface area contributed by atoms with Gasteiger partial charge in [-0.1, -0.05) is 29.3 Å². The van der Waals surface area contributed by atoms with Gasteiger partial charge < -0.3 is 11.5 Å². The number of hydrogen-bond donors (Lipinski definition) is 3. The summed E-state index contributed by atoms with van der Waals surface area (Å²) in [7, 11) is 0. The molecule has 0 aliphatic carbocycles. The average Bonchev–Trinajstić information content (AvgIpc) is 2.70. The predicted molar refractivity (Wildman–Crippen MR) is 86.9 cm³/mol. The van der Waals surface area contributed by atoms with Crippen LogP contribution >= 0.6 is 23.2 Å². The molecule has 7 heteroatoms. The van der Waals surface area contributed by atoms with Crippen LogP contribution in [0.15, 0.2) is 24.3 Å². The van der Waals surface area contributed by atoms with Crippen molar-refractivity contribution in [2.75, 3.05) is 11.2 Å². The van der Waals surface area contributed by atoms with Gasteiger partial charge in [0.2, 0.25) is 0 Å². The van der Waals surface area contributed by atoms with Crippen molar-refractivity contribution < 1.29 is 0 Å². The van der Waals surface area contributed by atoms with Gasteiger partial charge in [-0.2, -0.15) is 0 Å². The van der Waals surface area contributed by atoms with Crippen LogP contribution < -0.4 is 16.9 Å². The zero-order valence-electron chi connectivity index (χ0n) is 11.4. The van der Waals surface area contributed by atoms with Crippen molar-refractivity contribution in [2.45, 2.75) is 19.0 Å². The van der Waals surface area contributed by atoms with Crippen LogP contribution in [0.3, 0.4) is 0 Å². The highest BCUT2D eigenvalue weighted by atomic mass is 35.5. The third kappa shape index (κ3) is 2.60. The first-order valence-electron chi connectivity index (χ1n) is 6.43. The Bertz CT molecular complexity index is 737. The highest BCUT2D eigenvalue weighted by Crippen LogP contribution is 2.26. The van der Waals surface area contributed by atoms with Gasteiger partial charge in [-0.05, 0) is 36.8 Å². The minimum absolute atomic E-state index is 0.510. The fourth-order valence-corrected chi connectivity index (χ4v) is 2.67. The number of benzene rings is 1. The maximum absolute atomic E-state index is 6.39. The van der Waals surface area contributed by atoms with Crippen molar-refractivity contribution in [3.8, 4) is 0 Å². The van der Waals surface area contributed by atoms with E-state index in [1.807, 2.05) is 31.2 Å². The number of halogens is 2. The SMILES string of the molecule is Cc1nc2n(c1N)NC(N)(Cc1ccc(Cl)c(Cl)c1)C=C2. The molecule has 1 aromatic heterocycles. The molecule has 1 atom stereocenters. The van der Waals surface area contributed by atoms with E-state index in [4.69, 9.17) is 34.7 Å². The van der Waals surface area contributed by atoms with Gasteiger partial charge >= 0.3 is 0 Å². The van der Waals surface area contributed by atoms with Gasteiger partial charge in [-0.3, -0.25) is 5.43 Å². The van der Waals surface area contributed by atoms with E-state index in [0.717, 1.165) is 17.1 Å². The Balaban J connectivity index is 1.89. The van der Waals surface area contributed by atoms with E-state index in [2.05, 4.69) is 10.4 Å². The summed E-state index contributed by atoms with van der Waals surface area (Å²) in [5.41, 5.74) is 16.5. The quantitative estimate of drug-likeness (QED) is 0.793. The molecule has 0 radical (unpaired) electrons. The van der Waals surface area contributed by atoms with Gasteiger partial charge in [0.15, 0.2) is 5.82 Å². The second-order valence-corrected chi connectivity index (χ2v) is 6.00. The van der Waals surface area contributed by atoms with Crippen LogP contribution in [-0.2, 0) is 6.42 Å². The first-order valence-corrected chi connectivity index (χ1v) is 7.19. The summed E-state index contributed by atoms with van der Waals surface area (Å²) >= 11 is 12.0. The number of aromatic nitrogens is 2. The second kappa shape index (κ2) is 4.94. The number of aryl methyl sites for hydroxylation is 1. The molecule has 1 aromatic carbocycles. The van der Waals surface area contributed by atoms with E-state index < -0.39 is 5.66 Å². The minimum atomic E-state index is -0.772. The van der Waals surface area contributed by atoms with E-state index in [9.17, 15) is 0 Å². The molecule has 0 spiro atoms. The maximum Gasteiger partial charge on any atom is 0.153 e. The zero-order chi connectivity index (χ0) is 15.2. The summed E-state index contributed by atoms with van der Waals surface area (Å²) in [4.78, 5) is 4.34.